The molecule has 0 aliphatic carbocycles. The van der Waals surface area contributed by atoms with E-state index in [0.29, 0.717) is 29.4 Å². The summed E-state index contributed by atoms with van der Waals surface area (Å²) in [5, 5.41) is 15.2. The summed E-state index contributed by atoms with van der Waals surface area (Å²) in [5.74, 6) is 0.247. The summed E-state index contributed by atoms with van der Waals surface area (Å²) in [5.41, 5.74) is 9.41. The van der Waals surface area contributed by atoms with Gasteiger partial charge in [-0.3, -0.25) is 0 Å². The van der Waals surface area contributed by atoms with Crippen LogP contribution in [0.3, 0.4) is 0 Å². The van der Waals surface area contributed by atoms with Crippen LogP contribution in [0.5, 0.6) is 5.75 Å². The van der Waals surface area contributed by atoms with E-state index in [9.17, 15) is 5.11 Å². The molecule has 1 heterocycles. The number of rotatable bonds is 5. The van der Waals surface area contributed by atoms with Crippen LogP contribution >= 0.6 is 23.2 Å². The molecule has 3 N–H and O–H groups in total. The Morgan fingerprint density at radius 1 is 1.04 bits per heavy atom. The Bertz CT molecular complexity index is 844. The third-order valence-electron chi connectivity index (χ3n) is 3.69. The first kappa shape index (κ1) is 16.8. The van der Waals surface area contributed by atoms with Crippen LogP contribution < -0.4 is 5.73 Å². The second kappa shape index (κ2) is 7.26. The van der Waals surface area contributed by atoms with E-state index in [1.807, 2.05) is 28.9 Å². The Morgan fingerprint density at radius 3 is 2.46 bits per heavy atom. The number of aromatic nitrogens is 2. The van der Waals surface area contributed by atoms with Crippen LogP contribution in [0.1, 0.15) is 17.0 Å². The van der Waals surface area contributed by atoms with Crippen molar-refractivity contribution >= 4 is 23.2 Å². The first-order valence-electron chi connectivity index (χ1n) is 7.58. The quantitative estimate of drug-likeness (QED) is 0.722. The standard InChI is InChI=1S/C18H17Cl2N3O/c19-13-3-6-18(17(20)10-13)23-15(11-14(22-23)7-8-21)9-12-1-4-16(24)5-2-12/h1-6,10-11,24H,7-9,21H2. The van der Waals surface area contributed by atoms with Crippen LogP contribution in [0, 0.1) is 0 Å². The highest BCUT2D eigenvalue weighted by Crippen LogP contribution is 2.26. The zero-order valence-corrected chi connectivity index (χ0v) is 14.4. The Kier molecular flexibility index (Phi) is 5.09. The molecule has 3 rings (SSSR count). The Morgan fingerprint density at radius 2 is 1.79 bits per heavy atom. The third kappa shape index (κ3) is 3.73. The van der Waals surface area contributed by atoms with Gasteiger partial charge in [-0.15, -0.1) is 0 Å². The van der Waals surface area contributed by atoms with Crippen molar-refractivity contribution < 1.29 is 5.11 Å². The van der Waals surface area contributed by atoms with E-state index in [0.717, 1.165) is 22.6 Å². The topological polar surface area (TPSA) is 64.1 Å². The average molecular weight is 362 g/mol. The van der Waals surface area contributed by atoms with E-state index in [2.05, 4.69) is 5.10 Å². The molecule has 0 saturated heterocycles. The fourth-order valence-electron chi connectivity index (χ4n) is 2.56. The first-order chi connectivity index (χ1) is 11.6. The number of benzene rings is 2. The summed E-state index contributed by atoms with van der Waals surface area (Å²) in [6.07, 6.45) is 1.36. The van der Waals surface area contributed by atoms with Gasteiger partial charge in [-0.05, 0) is 48.5 Å². The Balaban J connectivity index is 2.02. The summed E-state index contributed by atoms with van der Waals surface area (Å²) >= 11 is 12.3. The van der Waals surface area contributed by atoms with Crippen molar-refractivity contribution in [3.63, 3.8) is 0 Å². The molecule has 0 radical (unpaired) electrons. The van der Waals surface area contributed by atoms with Crippen LogP contribution in [0.4, 0.5) is 0 Å². The molecule has 0 bridgehead atoms. The molecule has 4 nitrogen and oxygen atoms in total. The van der Waals surface area contributed by atoms with E-state index in [1.54, 1.807) is 24.3 Å². The molecule has 0 spiro atoms. The predicted molar refractivity (Wildman–Crippen MR) is 97.3 cm³/mol. The maximum Gasteiger partial charge on any atom is 0.115 e. The van der Waals surface area contributed by atoms with Crippen LogP contribution in [-0.2, 0) is 12.8 Å². The van der Waals surface area contributed by atoms with Crippen molar-refractivity contribution in [2.75, 3.05) is 6.54 Å². The number of nitrogens with zero attached hydrogens (tertiary/aromatic N) is 2. The summed E-state index contributed by atoms with van der Waals surface area (Å²) < 4.78 is 1.83. The Labute approximate surface area is 150 Å². The van der Waals surface area contributed by atoms with Gasteiger partial charge in [0, 0.05) is 23.6 Å². The molecule has 0 amide bonds. The molecule has 0 atom stereocenters. The van der Waals surface area contributed by atoms with Crippen molar-refractivity contribution in [3.05, 3.63) is 75.5 Å². The fraction of sp³-hybridized carbons (Fsp3) is 0.167. The van der Waals surface area contributed by atoms with Crippen molar-refractivity contribution in [2.45, 2.75) is 12.8 Å². The number of phenolic OH excluding ortho intramolecular Hbond substituents is 1. The lowest BCUT2D eigenvalue weighted by atomic mass is 10.1. The van der Waals surface area contributed by atoms with Gasteiger partial charge in [0.25, 0.3) is 0 Å². The summed E-state index contributed by atoms with van der Waals surface area (Å²) in [6, 6.07) is 14.5. The SMILES string of the molecule is NCCc1cc(Cc2ccc(O)cc2)n(-c2ccc(Cl)cc2Cl)n1. The number of aromatic hydroxyl groups is 1. The molecule has 0 saturated carbocycles. The molecule has 24 heavy (non-hydrogen) atoms. The maximum absolute atomic E-state index is 9.43. The summed E-state index contributed by atoms with van der Waals surface area (Å²) in [4.78, 5) is 0. The van der Waals surface area contributed by atoms with Gasteiger partial charge >= 0.3 is 0 Å². The third-order valence-corrected chi connectivity index (χ3v) is 4.23. The number of nitrogens with two attached hydrogens (primary N) is 1. The highest BCUT2D eigenvalue weighted by Gasteiger charge is 2.13. The Hall–Kier alpha value is -2.01. The summed E-state index contributed by atoms with van der Waals surface area (Å²) in [6.45, 7) is 0.532. The van der Waals surface area contributed by atoms with E-state index in [1.165, 1.54) is 0 Å². The average Bonchev–Trinajstić information content (AvgIpc) is 2.92. The van der Waals surface area contributed by atoms with Gasteiger partial charge in [-0.2, -0.15) is 5.10 Å². The van der Waals surface area contributed by atoms with E-state index in [-0.39, 0.29) is 5.75 Å². The lowest BCUT2D eigenvalue weighted by molar-refractivity contribution is 0.475. The lowest BCUT2D eigenvalue weighted by Crippen LogP contribution is -2.06. The lowest BCUT2D eigenvalue weighted by Gasteiger charge is -2.10. The monoisotopic (exact) mass is 361 g/mol. The van der Waals surface area contributed by atoms with Gasteiger partial charge in [0.15, 0.2) is 0 Å². The number of hydrogen-bond donors (Lipinski definition) is 2. The molecule has 6 heteroatoms. The largest absolute Gasteiger partial charge is 0.508 e. The van der Waals surface area contributed by atoms with Gasteiger partial charge in [-0.25, -0.2) is 4.68 Å². The van der Waals surface area contributed by atoms with Crippen molar-refractivity contribution in [3.8, 4) is 11.4 Å². The molecule has 0 fully saturated rings. The fourth-order valence-corrected chi connectivity index (χ4v) is 3.04. The molecule has 0 aliphatic heterocycles. The minimum atomic E-state index is 0.247. The molecule has 3 aromatic rings. The van der Waals surface area contributed by atoms with Crippen LogP contribution in [0.15, 0.2) is 48.5 Å². The van der Waals surface area contributed by atoms with Gasteiger partial charge in [0.2, 0.25) is 0 Å². The zero-order chi connectivity index (χ0) is 17.1. The second-order valence-electron chi connectivity index (χ2n) is 5.52. The van der Waals surface area contributed by atoms with Crippen LogP contribution in [0.25, 0.3) is 5.69 Å². The van der Waals surface area contributed by atoms with Crippen LogP contribution in [0.2, 0.25) is 10.0 Å². The van der Waals surface area contributed by atoms with Gasteiger partial charge in [0.05, 0.1) is 16.4 Å². The normalized spacial score (nSPS) is 11.0. The number of hydrogen-bond acceptors (Lipinski definition) is 3. The number of phenols is 1. The predicted octanol–water partition coefficient (Wildman–Crippen LogP) is 3.98. The van der Waals surface area contributed by atoms with Crippen molar-refractivity contribution in [1.82, 2.24) is 9.78 Å². The molecule has 2 aromatic carbocycles. The van der Waals surface area contributed by atoms with Crippen molar-refractivity contribution in [1.29, 1.82) is 0 Å². The minimum absolute atomic E-state index is 0.247. The molecular formula is C18H17Cl2N3O. The van der Waals surface area contributed by atoms with Gasteiger partial charge < -0.3 is 10.8 Å². The summed E-state index contributed by atoms with van der Waals surface area (Å²) in [7, 11) is 0. The second-order valence-corrected chi connectivity index (χ2v) is 6.36. The van der Waals surface area contributed by atoms with E-state index in [4.69, 9.17) is 28.9 Å². The number of halogens is 2. The minimum Gasteiger partial charge on any atom is -0.508 e. The zero-order valence-electron chi connectivity index (χ0n) is 12.9. The van der Waals surface area contributed by atoms with Crippen LogP contribution in [-0.4, -0.2) is 21.4 Å². The maximum atomic E-state index is 9.43. The van der Waals surface area contributed by atoms with Gasteiger partial charge in [-0.1, -0.05) is 35.3 Å². The molecule has 0 unspecified atom stereocenters. The molecular weight excluding hydrogens is 345 g/mol. The van der Waals surface area contributed by atoms with Crippen molar-refractivity contribution in [2.24, 2.45) is 5.73 Å². The van der Waals surface area contributed by atoms with E-state index >= 15 is 0 Å². The molecule has 124 valence electrons. The molecule has 0 aliphatic rings. The highest BCUT2D eigenvalue weighted by atomic mass is 35.5. The smallest absolute Gasteiger partial charge is 0.115 e. The first-order valence-corrected chi connectivity index (χ1v) is 8.33. The molecule has 1 aromatic heterocycles. The highest BCUT2D eigenvalue weighted by molar-refractivity contribution is 6.35. The van der Waals surface area contributed by atoms with E-state index < -0.39 is 0 Å². The van der Waals surface area contributed by atoms with Gasteiger partial charge in [0.1, 0.15) is 5.75 Å².